The summed E-state index contributed by atoms with van der Waals surface area (Å²) in [7, 11) is -0.505. The largest absolute Gasteiger partial charge is 0.389 e. The number of nitrogens with one attached hydrogen (secondary N) is 2. The molecule has 4 rings (SSSR count). The lowest BCUT2D eigenvalue weighted by Gasteiger charge is -2.29. The summed E-state index contributed by atoms with van der Waals surface area (Å²) in [5.74, 6) is -1.03. The third-order valence-electron chi connectivity index (χ3n) is 8.19. The molecule has 0 spiro atoms. The third kappa shape index (κ3) is 9.45. The molecule has 12 heteroatoms. The maximum absolute atomic E-state index is 13.9. The van der Waals surface area contributed by atoms with Crippen molar-refractivity contribution in [1.29, 1.82) is 0 Å². The molecule has 1 heterocycles. The molecule has 0 radical (unpaired) electrons. The van der Waals surface area contributed by atoms with E-state index in [0.717, 1.165) is 27.4 Å². The van der Waals surface area contributed by atoms with Crippen molar-refractivity contribution in [2.24, 2.45) is 0 Å². The molecule has 3 aromatic carbocycles. The standard InChI is InChI=1S/C36H46N6O5S/c1-25(27-16-12-9-13-17-27)38-34(44)28-19-29(21-30(20-28)41(6)48(7,46)47)35(45)39-32(18-26-14-10-8-11-15-26)33(43)24-40(5)31-22-37-42(23-31)36(2,3)4/h8-17,19-23,25,32-33,43H,18,24H2,1-7H3,(H,38,44)(H,39,45)/t25-,32+,33-/m1/s1. The van der Waals surface area contributed by atoms with Crippen molar-refractivity contribution in [2.75, 3.05) is 36.1 Å². The van der Waals surface area contributed by atoms with E-state index in [-0.39, 0.29) is 34.9 Å². The van der Waals surface area contributed by atoms with E-state index in [1.807, 2.05) is 111 Å². The van der Waals surface area contributed by atoms with Crippen LogP contribution in [-0.4, -0.2) is 74.2 Å². The van der Waals surface area contributed by atoms with Gasteiger partial charge < -0.3 is 20.6 Å². The van der Waals surface area contributed by atoms with Crippen LogP contribution in [0.25, 0.3) is 0 Å². The van der Waals surface area contributed by atoms with E-state index in [0.29, 0.717) is 6.42 Å². The summed E-state index contributed by atoms with van der Waals surface area (Å²) in [6, 6.07) is 22.1. The molecule has 0 aliphatic rings. The first-order chi connectivity index (χ1) is 22.5. The van der Waals surface area contributed by atoms with Crippen molar-refractivity contribution in [3.63, 3.8) is 0 Å². The van der Waals surface area contributed by atoms with Crippen molar-refractivity contribution in [3.05, 3.63) is 114 Å². The molecule has 0 fully saturated rings. The van der Waals surface area contributed by atoms with Gasteiger partial charge in [0.15, 0.2) is 0 Å². The minimum absolute atomic E-state index is 0.0746. The third-order valence-corrected chi connectivity index (χ3v) is 9.39. The van der Waals surface area contributed by atoms with E-state index >= 15 is 0 Å². The second-order valence-electron chi connectivity index (χ2n) is 13.1. The lowest BCUT2D eigenvalue weighted by atomic mass is 9.99. The van der Waals surface area contributed by atoms with E-state index in [9.17, 15) is 23.1 Å². The molecule has 1 aromatic heterocycles. The Balaban J connectivity index is 1.63. The SMILES string of the molecule is C[C@@H](NC(=O)c1cc(C(=O)N[C@@H](Cc2ccccc2)[C@H](O)CN(C)c2cnn(C(C)(C)C)c2)cc(N(C)S(C)(=O)=O)c1)c1ccccc1. The maximum Gasteiger partial charge on any atom is 0.251 e. The number of hydrogen-bond donors (Lipinski definition) is 3. The van der Waals surface area contributed by atoms with Gasteiger partial charge in [0.1, 0.15) is 0 Å². The monoisotopic (exact) mass is 674 g/mol. The van der Waals surface area contributed by atoms with Crippen LogP contribution in [0, 0.1) is 0 Å². The van der Waals surface area contributed by atoms with Gasteiger partial charge in [-0.25, -0.2) is 8.42 Å². The first kappa shape index (κ1) is 36.2. The first-order valence-corrected chi connectivity index (χ1v) is 17.6. The minimum atomic E-state index is -3.71. The Kier molecular flexibility index (Phi) is 11.3. The smallest absolute Gasteiger partial charge is 0.251 e. The predicted octanol–water partition coefficient (Wildman–Crippen LogP) is 4.36. The Morgan fingerprint density at radius 2 is 1.46 bits per heavy atom. The van der Waals surface area contributed by atoms with Gasteiger partial charge in [0, 0.05) is 38.0 Å². The summed E-state index contributed by atoms with van der Waals surface area (Å²) in [6.07, 6.45) is 4.01. The van der Waals surface area contributed by atoms with Crippen LogP contribution < -0.4 is 19.8 Å². The van der Waals surface area contributed by atoms with Gasteiger partial charge in [-0.1, -0.05) is 60.7 Å². The van der Waals surface area contributed by atoms with Crippen molar-refractivity contribution in [1.82, 2.24) is 20.4 Å². The number of rotatable bonds is 13. The van der Waals surface area contributed by atoms with Crippen LogP contribution >= 0.6 is 0 Å². The number of aromatic nitrogens is 2. The zero-order valence-electron chi connectivity index (χ0n) is 28.6. The summed E-state index contributed by atoms with van der Waals surface area (Å²) < 4.78 is 27.8. The number of benzene rings is 3. The maximum atomic E-state index is 13.9. The highest BCUT2D eigenvalue weighted by Crippen LogP contribution is 2.23. The fraction of sp³-hybridized carbons (Fsp3) is 0.361. The fourth-order valence-electron chi connectivity index (χ4n) is 5.15. The number of carbonyl (C=O) groups is 2. The molecule has 0 saturated heterocycles. The number of nitrogens with zero attached hydrogens (tertiary/aromatic N) is 4. The summed E-state index contributed by atoms with van der Waals surface area (Å²) in [4.78, 5) is 29.2. The Bertz CT molecular complexity index is 1810. The van der Waals surface area contributed by atoms with Gasteiger partial charge in [-0.05, 0) is 63.4 Å². The number of amides is 2. The molecule has 0 unspecified atom stereocenters. The summed E-state index contributed by atoms with van der Waals surface area (Å²) in [5.41, 5.74) is 2.74. The number of hydrogen-bond acceptors (Lipinski definition) is 7. The van der Waals surface area contributed by atoms with Crippen molar-refractivity contribution >= 4 is 33.2 Å². The summed E-state index contributed by atoms with van der Waals surface area (Å²) in [6.45, 7) is 8.17. The lowest BCUT2D eigenvalue weighted by molar-refractivity contribution is 0.0843. The average Bonchev–Trinajstić information content (AvgIpc) is 3.56. The highest BCUT2D eigenvalue weighted by atomic mass is 32.2. The van der Waals surface area contributed by atoms with Gasteiger partial charge in [-0.15, -0.1) is 0 Å². The highest BCUT2D eigenvalue weighted by molar-refractivity contribution is 7.92. The van der Waals surface area contributed by atoms with Crippen molar-refractivity contribution in [2.45, 2.75) is 57.8 Å². The van der Waals surface area contributed by atoms with E-state index in [4.69, 9.17) is 0 Å². The molecule has 0 bridgehead atoms. The van der Waals surface area contributed by atoms with Crippen LogP contribution in [0.3, 0.4) is 0 Å². The number of aliphatic hydroxyl groups is 1. The highest BCUT2D eigenvalue weighted by Gasteiger charge is 2.27. The topological polar surface area (TPSA) is 137 Å². The number of aliphatic hydroxyl groups excluding tert-OH is 1. The molecule has 0 aliphatic carbocycles. The number of anilines is 2. The number of likely N-dealkylation sites (N-methyl/N-ethyl adjacent to an activating group) is 1. The molecule has 0 saturated carbocycles. The molecular weight excluding hydrogens is 629 g/mol. The Morgan fingerprint density at radius 1 is 0.896 bits per heavy atom. The Hall–Kier alpha value is -4.68. The van der Waals surface area contributed by atoms with Crippen LogP contribution in [0.4, 0.5) is 11.4 Å². The zero-order valence-corrected chi connectivity index (χ0v) is 29.4. The molecule has 3 N–H and O–H groups in total. The van der Waals surface area contributed by atoms with Gasteiger partial charge in [-0.2, -0.15) is 5.10 Å². The fourth-order valence-corrected chi connectivity index (χ4v) is 5.63. The van der Waals surface area contributed by atoms with Crippen LogP contribution in [0.2, 0.25) is 0 Å². The van der Waals surface area contributed by atoms with Gasteiger partial charge in [0.2, 0.25) is 10.0 Å². The van der Waals surface area contributed by atoms with Crippen molar-refractivity contribution in [3.8, 4) is 0 Å². The number of carbonyl (C=O) groups excluding carboxylic acids is 2. The van der Waals surface area contributed by atoms with Crippen LogP contribution in [0.5, 0.6) is 0 Å². The van der Waals surface area contributed by atoms with E-state index in [1.54, 1.807) is 6.20 Å². The van der Waals surface area contributed by atoms with Crippen LogP contribution in [-0.2, 0) is 22.0 Å². The summed E-state index contributed by atoms with van der Waals surface area (Å²) in [5, 5.41) is 21.9. The quantitative estimate of drug-likeness (QED) is 0.192. The number of sulfonamides is 1. The van der Waals surface area contributed by atoms with E-state index in [2.05, 4.69) is 15.7 Å². The van der Waals surface area contributed by atoms with Gasteiger partial charge in [0.05, 0.1) is 47.6 Å². The molecule has 4 aromatic rings. The van der Waals surface area contributed by atoms with Crippen LogP contribution in [0.15, 0.2) is 91.3 Å². The molecule has 3 atom stereocenters. The molecule has 0 aliphatic heterocycles. The molecular formula is C36H46N6O5S. The zero-order chi connectivity index (χ0) is 35.2. The Labute approximate surface area is 283 Å². The second kappa shape index (κ2) is 15.0. The molecule has 48 heavy (non-hydrogen) atoms. The normalized spacial score (nSPS) is 13.7. The molecule has 2 amide bonds. The Morgan fingerprint density at radius 3 is 2.00 bits per heavy atom. The second-order valence-corrected chi connectivity index (χ2v) is 15.2. The lowest BCUT2D eigenvalue weighted by Crippen LogP contribution is -2.49. The minimum Gasteiger partial charge on any atom is -0.389 e. The molecule has 256 valence electrons. The van der Waals surface area contributed by atoms with E-state index < -0.39 is 34.0 Å². The van der Waals surface area contributed by atoms with E-state index in [1.165, 1.54) is 25.2 Å². The first-order valence-electron chi connectivity index (χ1n) is 15.8. The average molecular weight is 675 g/mol. The predicted molar refractivity (Wildman–Crippen MR) is 190 cm³/mol. The van der Waals surface area contributed by atoms with Gasteiger partial charge in [-0.3, -0.25) is 18.6 Å². The van der Waals surface area contributed by atoms with Crippen molar-refractivity contribution < 1.29 is 23.1 Å². The summed E-state index contributed by atoms with van der Waals surface area (Å²) >= 11 is 0. The van der Waals surface area contributed by atoms with Gasteiger partial charge >= 0.3 is 0 Å². The molecule has 11 nitrogen and oxygen atoms in total. The van der Waals surface area contributed by atoms with Gasteiger partial charge in [0.25, 0.3) is 11.8 Å². The van der Waals surface area contributed by atoms with Crippen LogP contribution in [0.1, 0.15) is 65.6 Å².